The Balaban J connectivity index is 1.31. The molecule has 0 aromatic heterocycles. The van der Waals surface area contributed by atoms with Gasteiger partial charge in [0.05, 0.1) is 17.3 Å². The second-order valence-electron chi connectivity index (χ2n) is 9.18. The summed E-state index contributed by atoms with van der Waals surface area (Å²) in [7, 11) is 0. The quantitative estimate of drug-likeness (QED) is 0.100. The summed E-state index contributed by atoms with van der Waals surface area (Å²) in [6.07, 6.45) is 0.488. The van der Waals surface area contributed by atoms with Gasteiger partial charge in [-0.3, -0.25) is 4.79 Å². The summed E-state index contributed by atoms with van der Waals surface area (Å²) >= 11 is 0. The number of hydrazone groups is 1. The first-order valence-corrected chi connectivity index (χ1v) is 13.1. The van der Waals surface area contributed by atoms with E-state index in [0.717, 1.165) is 10.8 Å². The second-order valence-corrected chi connectivity index (χ2v) is 9.18. The summed E-state index contributed by atoms with van der Waals surface area (Å²) in [4.78, 5) is 38.1. The third-order valence-corrected chi connectivity index (χ3v) is 6.22. The lowest BCUT2D eigenvalue weighted by atomic mass is 10.1. The number of ether oxygens (including phenoxy) is 3. The van der Waals surface area contributed by atoms with Crippen LogP contribution in [0.5, 0.6) is 17.2 Å². The van der Waals surface area contributed by atoms with E-state index in [9.17, 15) is 14.4 Å². The minimum absolute atomic E-state index is 0.0836. The van der Waals surface area contributed by atoms with Gasteiger partial charge in [0.25, 0.3) is 5.91 Å². The molecule has 5 aromatic carbocycles. The minimum atomic E-state index is -0.844. The summed E-state index contributed by atoms with van der Waals surface area (Å²) in [5, 5.41) is 5.93. The molecule has 0 bridgehead atoms. The molecule has 0 saturated carbocycles. The van der Waals surface area contributed by atoms with E-state index in [1.54, 1.807) is 79.7 Å². The zero-order valence-corrected chi connectivity index (χ0v) is 22.6. The first-order valence-electron chi connectivity index (χ1n) is 13.1. The Morgan fingerprint density at radius 2 is 1.31 bits per heavy atom. The van der Waals surface area contributed by atoms with E-state index in [2.05, 4.69) is 10.5 Å². The van der Waals surface area contributed by atoms with E-state index < -0.39 is 23.9 Å². The molecule has 5 aromatic rings. The number of esters is 2. The van der Waals surface area contributed by atoms with Crippen molar-refractivity contribution in [2.45, 2.75) is 13.0 Å². The number of benzene rings is 5. The molecule has 5 rings (SSSR count). The summed E-state index contributed by atoms with van der Waals surface area (Å²) in [5.74, 6) is -0.827. The fourth-order valence-electron chi connectivity index (χ4n) is 4.05. The number of nitrogens with one attached hydrogen (secondary N) is 1. The predicted molar refractivity (Wildman–Crippen MR) is 159 cm³/mol. The third kappa shape index (κ3) is 6.86. The first kappa shape index (κ1) is 27.8. The number of fused-ring (bicyclic) bond motifs is 1. The lowest BCUT2D eigenvalue weighted by Crippen LogP contribution is -2.33. The van der Waals surface area contributed by atoms with E-state index >= 15 is 0 Å². The molecule has 0 aliphatic rings. The van der Waals surface area contributed by atoms with E-state index in [1.165, 1.54) is 18.3 Å². The van der Waals surface area contributed by atoms with Crippen LogP contribution < -0.4 is 19.6 Å². The van der Waals surface area contributed by atoms with Gasteiger partial charge in [0.2, 0.25) is 0 Å². The van der Waals surface area contributed by atoms with Gasteiger partial charge in [-0.15, -0.1) is 0 Å². The molecular formula is C34H26N2O6. The topological polar surface area (TPSA) is 103 Å². The summed E-state index contributed by atoms with van der Waals surface area (Å²) in [6.45, 7) is 1.62. The van der Waals surface area contributed by atoms with Crippen molar-refractivity contribution in [1.29, 1.82) is 0 Å². The van der Waals surface area contributed by atoms with Crippen molar-refractivity contribution in [1.82, 2.24) is 5.43 Å². The smallest absolute Gasteiger partial charge is 0.343 e. The van der Waals surface area contributed by atoms with Crippen molar-refractivity contribution in [3.05, 3.63) is 138 Å². The number of amides is 1. The van der Waals surface area contributed by atoms with Gasteiger partial charge >= 0.3 is 11.9 Å². The molecule has 208 valence electrons. The van der Waals surface area contributed by atoms with E-state index in [0.29, 0.717) is 22.4 Å². The lowest BCUT2D eigenvalue weighted by molar-refractivity contribution is -0.127. The maximum atomic E-state index is 12.8. The summed E-state index contributed by atoms with van der Waals surface area (Å²) in [5.41, 5.74) is 3.52. The molecule has 8 nitrogen and oxygen atoms in total. The highest BCUT2D eigenvalue weighted by molar-refractivity contribution is 5.94. The van der Waals surface area contributed by atoms with Crippen LogP contribution in [-0.4, -0.2) is 30.2 Å². The van der Waals surface area contributed by atoms with Crippen LogP contribution in [0.25, 0.3) is 10.8 Å². The molecule has 0 aliphatic carbocycles. The third-order valence-electron chi connectivity index (χ3n) is 6.22. The van der Waals surface area contributed by atoms with Crippen LogP contribution in [0.1, 0.15) is 33.2 Å². The molecular weight excluding hydrogens is 532 g/mol. The minimum Gasteiger partial charge on any atom is -0.480 e. The monoisotopic (exact) mass is 558 g/mol. The van der Waals surface area contributed by atoms with E-state index in [-0.39, 0.29) is 11.5 Å². The molecule has 1 atom stereocenters. The van der Waals surface area contributed by atoms with Crippen LogP contribution in [0.4, 0.5) is 0 Å². The fourth-order valence-corrected chi connectivity index (χ4v) is 4.05. The van der Waals surface area contributed by atoms with Gasteiger partial charge in [-0.2, -0.15) is 5.10 Å². The number of nitrogens with zero attached hydrogens (tertiary/aromatic N) is 1. The van der Waals surface area contributed by atoms with Crippen molar-refractivity contribution < 1.29 is 28.6 Å². The van der Waals surface area contributed by atoms with Gasteiger partial charge in [-0.05, 0) is 54.8 Å². The first-order chi connectivity index (χ1) is 20.5. The Morgan fingerprint density at radius 3 is 2.02 bits per heavy atom. The molecule has 0 unspecified atom stereocenters. The van der Waals surface area contributed by atoms with Gasteiger partial charge in [0, 0.05) is 17.0 Å². The Hall–Kier alpha value is -5.76. The number of carbonyl (C=O) groups is 3. The zero-order chi connectivity index (χ0) is 29.3. The van der Waals surface area contributed by atoms with Gasteiger partial charge in [-0.1, -0.05) is 72.8 Å². The van der Waals surface area contributed by atoms with Crippen molar-refractivity contribution >= 4 is 34.8 Å². The number of hydrogen-bond acceptors (Lipinski definition) is 7. The maximum Gasteiger partial charge on any atom is 0.343 e. The number of hydrogen-bond donors (Lipinski definition) is 1. The van der Waals surface area contributed by atoms with Crippen molar-refractivity contribution in [2.24, 2.45) is 5.10 Å². The Kier molecular flexibility index (Phi) is 8.64. The highest BCUT2D eigenvalue weighted by Crippen LogP contribution is 2.27. The van der Waals surface area contributed by atoms with Crippen LogP contribution in [0, 0.1) is 0 Å². The SMILES string of the molecule is C[C@H](Oc1cccc2ccccc12)C(=O)N/N=C\c1ccc(OC(=O)c2ccccc2)cc1OC(=O)c1ccccc1. The lowest BCUT2D eigenvalue weighted by Gasteiger charge is -2.15. The molecule has 8 heteroatoms. The largest absolute Gasteiger partial charge is 0.480 e. The molecule has 0 heterocycles. The van der Waals surface area contributed by atoms with Crippen LogP contribution in [0.2, 0.25) is 0 Å². The van der Waals surface area contributed by atoms with Crippen LogP contribution in [-0.2, 0) is 4.79 Å². The molecule has 0 saturated heterocycles. The fraction of sp³-hybridized carbons (Fsp3) is 0.0588. The highest BCUT2D eigenvalue weighted by atomic mass is 16.5. The number of rotatable bonds is 9. The molecule has 42 heavy (non-hydrogen) atoms. The van der Waals surface area contributed by atoms with Crippen molar-refractivity contribution in [2.75, 3.05) is 0 Å². The predicted octanol–water partition coefficient (Wildman–Crippen LogP) is 6.20. The second kappa shape index (κ2) is 13.1. The van der Waals surface area contributed by atoms with Gasteiger partial charge < -0.3 is 14.2 Å². The van der Waals surface area contributed by atoms with Crippen LogP contribution in [0.3, 0.4) is 0 Å². The van der Waals surface area contributed by atoms with Crippen LogP contribution >= 0.6 is 0 Å². The Bertz CT molecular complexity index is 1750. The van der Waals surface area contributed by atoms with Crippen molar-refractivity contribution in [3.63, 3.8) is 0 Å². The van der Waals surface area contributed by atoms with Crippen LogP contribution in [0.15, 0.2) is 126 Å². The van der Waals surface area contributed by atoms with E-state index in [1.807, 2.05) is 36.4 Å². The summed E-state index contributed by atoms with van der Waals surface area (Å²) in [6, 6.07) is 34.8. The maximum absolute atomic E-state index is 12.8. The van der Waals surface area contributed by atoms with Crippen molar-refractivity contribution in [3.8, 4) is 17.2 Å². The average Bonchev–Trinajstić information content (AvgIpc) is 3.03. The highest BCUT2D eigenvalue weighted by Gasteiger charge is 2.17. The zero-order valence-electron chi connectivity index (χ0n) is 22.6. The molecule has 0 radical (unpaired) electrons. The van der Waals surface area contributed by atoms with Gasteiger partial charge in [0.15, 0.2) is 6.10 Å². The van der Waals surface area contributed by atoms with Gasteiger partial charge in [-0.25, -0.2) is 15.0 Å². The molecule has 0 aliphatic heterocycles. The number of carbonyl (C=O) groups excluding carboxylic acids is 3. The Labute approximate surface area is 242 Å². The Morgan fingerprint density at radius 1 is 0.690 bits per heavy atom. The normalized spacial score (nSPS) is 11.5. The summed E-state index contributed by atoms with van der Waals surface area (Å²) < 4.78 is 17.0. The molecule has 0 spiro atoms. The average molecular weight is 559 g/mol. The molecule has 0 fully saturated rings. The van der Waals surface area contributed by atoms with E-state index in [4.69, 9.17) is 14.2 Å². The van der Waals surface area contributed by atoms with Gasteiger partial charge in [0.1, 0.15) is 17.2 Å². The molecule has 1 amide bonds. The molecule has 1 N–H and O–H groups in total. The standard InChI is InChI=1S/C34H26N2O6/c1-23(40-30-18-10-16-24-11-8-9-17-29(24)30)32(37)36-35-22-27-19-20-28(41-33(38)25-12-4-2-5-13-25)21-31(27)42-34(39)26-14-6-3-7-15-26/h2-23H,1H3,(H,36,37)/b35-22-/t23-/m0/s1.